The van der Waals surface area contributed by atoms with Gasteiger partial charge < -0.3 is 16.0 Å². The van der Waals surface area contributed by atoms with Gasteiger partial charge in [-0.15, -0.1) is 0 Å². The smallest absolute Gasteiger partial charge is 0.239 e. The minimum Gasteiger partial charge on any atom is -0.389 e. The Balaban J connectivity index is 3.30. The predicted molar refractivity (Wildman–Crippen MR) is 86.2 cm³/mol. The van der Waals surface area contributed by atoms with Gasteiger partial charge in [-0.2, -0.15) is 0 Å². The van der Waals surface area contributed by atoms with Gasteiger partial charge in [0.2, 0.25) is 5.91 Å². The molecule has 20 heavy (non-hydrogen) atoms. The van der Waals surface area contributed by atoms with Crippen LogP contribution in [0.4, 0.5) is 5.69 Å². The molecule has 0 bridgehead atoms. The Morgan fingerprint density at radius 3 is 2.65 bits per heavy atom. The third-order valence-electron chi connectivity index (χ3n) is 3.00. The van der Waals surface area contributed by atoms with Crippen LogP contribution >= 0.6 is 12.2 Å². The molecule has 5 nitrogen and oxygen atoms in total. The molecule has 0 saturated carbocycles. The molecule has 0 unspecified atom stereocenters. The molecule has 0 atom stereocenters. The maximum Gasteiger partial charge on any atom is 0.239 e. The van der Waals surface area contributed by atoms with E-state index in [2.05, 4.69) is 17.2 Å². The summed E-state index contributed by atoms with van der Waals surface area (Å²) < 4.78 is 0. The summed E-state index contributed by atoms with van der Waals surface area (Å²) in [6.07, 6.45) is 0.925. The fourth-order valence-corrected chi connectivity index (χ4v) is 2.42. The van der Waals surface area contributed by atoms with Gasteiger partial charge in [-0.25, -0.2) is 0 Å². The van der Waals surface area contributed by atoms with E-state index in [0.717, 1.165) is 35.6 Å². The number of carbonyl (C=O) groups excluding carboxylic acids is 1. The second-order valence-corrected chi connectivity index (χ2v) is 5.14. The van der Waals surface area contributed by atoms with E-state index in [1.807, 2.05) is 24.8 Å². The molecule has 110 valence electrons. The van der Waals surface area contributed by atoms with Crippen molar-refractivity contribution in [3.05, 3.63) is 23.0 Å². The number of aromatic nitrogens is 1. The van der Waals surface area contributed by atoms with E-state index in [1.165, 1.54) is 0 Å². The third-order valence-corrected chi connectivity index (χ3v) is 3.21. The molecule has 0 aliphatic rings. The lowest BCUT2D eigenvalue weighted by Crippen LogP contribution is -2.37. The van der Waals surface area contributed by atoms with Crippen LogP contribution in [0.2, 0.25) is 0 Å². The van der Waals surface area contributed by atoms with E-state index in [1.54, 1.807) is 7.05 Å². The van der Waals surface area contributed by atoms with Crippen LogP contribution in [0.1, 0.15) is 30.3 Å². The lowest BCUT2D eigenvalue weighted by atomic mass is 10.1. The lowest BCUT2D eigenvalue weighted by Gasteiger charge is -2.26. The molecule has 0 aliphatic carbocycles. The van der Waals surface area contributed by atoms with Gasteiger partial charge in [-0.1, -0.05) is 19.1 Å². The van der Waals surface area contributed by atoms with Crippen LogP contribution in [0.15, 0.2) is 6.07 Å². The number of likely N-dealkylation sites (N-methyl/N-ethyl adjacent to an activating group) is 1. The Morgan fingerprint density at radius 1 is 1.50 bits per heavy atom. The van der Waals surface area contributed by atoms with E-state index >= 15 is 0 Å². The van der Waals surface area contributed by atoms with Crippen LogP contribution in [-0.2, 0) is 4.79 Å². The number of aryl methyl sites for hydroxylation is 2. The highest BCUT2D eigenvalue weighted by Gasteiger charge is 2.18. The van der Waals surface area contributed by atoms with Gasteiger partial charge >= 0.3 is 0 Å². The molecule has 1 rings (SSSR count). The summed E-state index contributed by atoms with van der Waals surface area (Å²) in [6, 6.07) is 1.93. The summed E-state index contributed by atoms with van der Waals surface area (Å²) in [5.74, 6) is -0.0422. The first-order valence-corrected chi connectivity index (χ1v) is 7.05. The summed E-state index contributed by atoms with van der Waals surface area (Å²) in [7, 11) is 1.63. The molecule has 0 fully saturated rings. The Hall–Kier alpha value is -1.69. The van der Waals surface area contributed by atoms with Crippen molar-refractivity contribution in [1.29, 1.82) is 0 Å². The van der Waals surface area contributed by atoms with Gasteiger partial charge in [0.05, 0.1) is 17.8 Å². The summed E-state index contributed by atoms with van der Waals surface area (Å²) in [4.78, 5) is 18.4. The van der Waals surface area contributed by atoms with Crippen LogP contribution in [0.25, 0.3) is 0 Å². The average Bonchev–Trinajstić information content (AvgIpc) is 2.36. The number of amides is 1. The molecule has 3 N–H and O–H groups in total. The number of thiocarbonyl (C=S) groups is 1. The number of hydrogen-bond acceptors (Lipinski definition) is 4. The van der Waals surface area contributed by atoms with Crippen molar-refractivity contribution < 1.29 is 4.79 Å². The first-order valence-electron chi connectivity index (χ1n) is 6.64. The molecule has 0 aliphatic heterocycles. The lowest BCUT2D eigenvalue weighted by molar-refractivity contribution is -0.119. The summed E-state index contributed by atoms with van der Waals surface area (Å²) >= 11 is 5.14. The minimum atomic E-state index is -0.0422. The summed E-state index contributed by atoms with van der Waals surface area (Å²) in [5.41, 5.74) is 9.14. The number of nitrogens with one attached hydrogen (secondary N) is 1. The van der Waals surface area contributed by atoms with Crippen LogP contribution in [0.3, 0.4) is 0 Å². The molecule has 0 aromatic carbocycles. The maximum absolute atomic E-state index is 11.7. The van der Waals surface area contributed by atoms with Gasteiger partial charge in [0.25, 0.3) is 0 Å². The van der Waals surface area contributed by atoms with E-state index in [0.29, 0.717) is 4.99 Å². The molecule has 6 heteroatoms. The largest absolute Gasteiger partial charge is 0.389 e. The van der Waals surface area contributed by atoms with Gasteiger partial charge in [0.15, 0.2) is 0 Å². The number of nitrogens with two attached hydrogens (primary N) is 1. The Kier molecular flexibility index (Phi) is 5.88. The maximum atomic E-state index is 11.7. The van der Waals surface area contributed by atoms with Crippen LogP contribution in [0, 0.1) is 13.8 Å². The quantitative estimate of drug-likeness (QED) is 0.774. The summed E-state index contributed by atoms with van der Waals surface area (Å²) in [5, 5.41) is 2.64. The zero-order valence-corrected chi connectivity index (χ0v) is 13.3. The van der Waals surface area contributed by atoms with Crippen molar-refractivity contribution in [2.75, 3.05) is 25.0 Å². The highest BCUT2D eigenvalue weighted by Crippen LogP contribution is 2.24. The normalized spacial score (nSPS) is 10.2. The Bertz CT molecular complexity index is 516. The highest BCUT2D eigenvalue weighted by molar-refractivity contribution is 7.80. The van der Waals surface area contributed by atoms with E-state index in [4.69, 9.17) is 18.0 Å². The minimum absolute atomic E-state index is 0.0422. The van der Waals surface area contributed by atoms with Crippen LogP contribution in [0.5, 0.6) is 0 Å². The van der Waals surface area contributed by atoms with Crippen molar-refractivity contribution in [3.63, 3.8) is 0 Å². The molecule has 1 amide bonds. The molecule has 0 radical (unpaired) electrons. The molecular weight excluding hydrogens is 272 g/mol. The molecule has 0 spiro atoms. The number of pyridine rings is 1. The first-order chi connectivity index (χ1) is 9.40. The fraction of sp³-hybridized carbons (Fsp3) is 0.500. The molecule has 1 aromatic rings. The van der Waals surface area contributed by atoms with E-state index in [9.17, 15) is 4.79 Å². The SMILES string of the molecule is CCCN(CC(=O)NC)c1cc(C)nc(C)c1C(N)=S. The first kappa shape index (κ1) is 16.4. The van der Waals surface area contributed by atoms with Crippen molar-refractivity contribution >= 4 is 28.8 Å². The number of hydrogen-bond donors (Lipinski definition) is 2. The van der Waals surface area contributed by atoms with Gasteiger partial charge in [0, 0.05) is 25.0 Å². The van der Waals surface area contributed by atoms with Gasteiger partial charge in [-0.3, -0.25) is 9.78 Å². The number of anilines is 1. The second-order valence-electron chi connectivity index (χ2n) is 4.70. The second kappa shape index (κ2) is 7.19. The monoisotopic (exact) mass is 294 g/mol. The number of carbonyl (C=O) groups is 1. The van der Waals surface area contributed by atoms with Crippen molar-refractivity contribution in [2.24, 2.45) is 5.73 Å². The Morgan fingerprint density at radius 2 is 2.15 bits per heavy atom. The zero-order chi connectivity index (χ0) is 15.3. The average molecular weight is 294 g/mol. The summed E-state index contributed by atoms with van der Waals surface area (Å²) in [6.45, 7) is 6.91. The molecular formula is C14H22N4OS. The van der Waals surface area contributed by atoms with Crippen LogP contribution < -0.4 is 16.0 Å². The van der Waals surface area contributed by atoms with Crippen molar-refractivity contribution in [3.8, 4) is 0 Å². The highest BCUT2D eigenvalue weighted by atomic mass is 32.1. The van der Waals surface area contributed by atoms with Crippen LogP contribution in [-0.4, -0.2) is 36.0 Å². The van der Waals surface area contributed by atoms with Gasteiger partial charge in [-0.05, 0) is 26.3 Å². The fourth-order valence-electron chi connectivity index (χ4n) is 2.17. The molecule has 0 saturated heterocycles. The standard InChI is InChI=1S/C14H22N4OS/c1-5-6-18(8-12(19)16-4)11-7-9(2)17-10(3)13(11)14(15)20/h7H,5-6,8H2,1-4H3,(H2,15,20)(H,16,19). The predicted octanol–water partition coefficient (Wildman–Crippen LogP) is 1.30. The molecule has 1 heterocycles. The van der Waals surface area contributed by atoms with Gasteiger partial charge in [0.1, 0.15) is 4.99 Å². The zero-order valence-electron chi connectivity index (χ0n) is 12.5. The van der Waals surface area contributed by atoms with Crippen molar-refractivity contribution in [2.45, 2.75) is 27.2 Å². The van der Waals surface area contributed by atoms with Crippen molar-refractivity contribution in [1.82, 2.24) is 10.3 Å². The number of rotatable bonds is 6. The molecule has 1 aromatic heterocycles. The Labute approximate surface area is 125 Å². The number of nitrogens with zero attached hydrogens (tertiary/aromatic N) is 2. The van der Waals surface area contributed by atoms with E-state index < -0.39 is 0 Å². The third kappa shape index (κ3) is 3.90. The topological polar surface area (TPSA) is 71.2 Å². The van der Waals surface area contributed by atoms with E-state index in [-0.39, 0.29) is 12.5 Å².